The normalized spacial score (nSPS) is 14.0. The molecule has 0 radical (unpaired) electrons. The lowest BCUT2D eigenvalue weighted by Gasteiger charge is -2.34. The van der Waals surface area contributed by atoms with Crippen molar-refractivity contribution >= 4 is 34.9 Å². The van der Waals surface area contributed by atoms with Crippen molar-refractivity contribution in [2.75, 3.05) is 54.9 Å². The van der Waals surface area contributed by atoms with Gasteiger partial charge in [0.2, 0.25) is 11.9 Å². The Morgan fingerprint density at radius 3 is 2.47 bits per heavy atom. The number of amides is 1. The van der Waals surface area contributed by atoms with Crippen LogP contribution < -0.4 is 15.5 Å². The number of hydrogen-bond donors (Lipinski definition) is 3. The second kappa shape index (κ2) is 10.8. The Bertz CT molecular complexity index is 1130. The summed E-state index contributed by atoms with van der Waals surface area (Å²) in [5.74, 6) is 1.70. The minimum atomic E-state index is -0.238. The van der Waals surface area contributed by atoms with Crippen molar-refractivity contribution in [3.63, 3.8) is 0 Å². The number of allylic oxidation sites excluding steroid dienone is 1. The van der Waals surface area contributed by atoms with E-state index < -0.39 is 0 Å². The predicted molar refractivity (Wildman–Crippen MR) is 132 cm³/mol. The number of aromatic nitrogens is 4. The van der Waals surface area contributed by atoms with Gasteiger partial charge in [-0.15, -0.1) is 0 Å². The lowest BCUT2D eigenvalue weighted by molar-refractivity contribution is 0.102. The summed E-state index contributed by atoms with van der Waals surface area (Å²) in [4.78, 5) is 34.7. The monoisotopic (exact) mass is 460 g/mol. The molecule has 0 aliphatic carbocycles. The first-order valence-corrected chi connectivity index (χ1v) is 11.1. The third kappa shape index (κ3) is 5.91. The van der Waals surface area contributed by atoms with Crippen LogP contribution in [0.25, 0.3) is 5.57 Å². The predicted octanol–water partition coefficient (Wildman–Crippen LogP) is 2.41. The number of nitrogens with zero attached hydrogens (tertiary/aromatic N) is 6. The van der Waals surface area contributed by atoms with E-state index in [1.807, 2.05) is 37.3 Å². The number of benzene rings is 1. The summed E-state index contributed by atoms with van der Waals surface area (Å²) in [6.45, 7) is 9.79. The van der Waals surface area contributed by atoms with Crippen LogP contribution in [-0.4, -0.2) is 75.2 Å². The molecule has 1 aliphatic heterocycles. The Labute approximate surface area is 198 Å². The molecule has 4 rings (SSSR count). The largest absolute Gasteiger partial charge is 0.395 e. The molecular weight excluding hydrogens is 432 g/mol. The summed E-state index contributed by atoms with van der Waals surface area (Å²) in [6.07, 6.45) is 1.50. The lowest BCUT2D eigenvalue weighted by Crippen LogP contribution is -2.47. The molecule has 34 heavy (non-hydrogen) atoms. The highest BCUT2D eigenvalue weighted by Crippen LogP contribution is 2.19. The number of para-hydroxylation sites is 1. The van der Waals surface area contributed by atoms with Gasteiger partial charge in [0, 0.05) is 44.6 Å². The van der Waals surface area contributed by atoms with Crippen LogP contribution in [0.3, 0.4) is 0 Å². The number of carbonyl (C=O) groups excluding carboxylic acids is 1. The van der Waals surface area contributed by atoms with E-state index in [0.29, 0.717) is 35.6 Å². The Morgan fingerprint density at radius 1 is 1.06 bits per heavy atom. The Balaban J connectivity index is 1.46. The number of aliphatic hydroxyl groups excluding tert-OH is 1. The van der Waals surface area contributed by atoms with Gasteiger partial charge in [0.1, 0.15) is 5.82 Å². The second-order valence-electron chi connectivity index (χ2n) is 7.99. The molecule has 1 aromatic carbocycles. The molecule has 176 valence electrons. The summed E-state index contributed by atoms with van der Waals surface area (Å²) in [7, 11) is 0. The highest BCUT2D eigenvalue weighted by Gasteiger charge is 2.20. The third-order valence-electron chi connectivity index (χ3n) is 5.37. The van der Waals surface area contributed by atoms with Gasteiger partial charge in [-0.3, -0.25) is 9.69 Å². The summed E-state index contributed by atoms with van der Waals surface area (Å²) in [5.41, 5.74) is 1.89. The summed E-state index contributed by atoms with van der Waals surface area (Å²) in [5, 5.41) is 15.1. The van der Waals surface area contributed by atoms with Crippen molar-refractivity contribution in [1.29, 1.82) is 0 Å². The molecule has 3 N–H and O–H groups in total. The van der Waals surface area contributed by atoms with E-state index in [9.17, 15) is 4.79 Å². The van der Waals surface area contributed by atoms with Crippen LogP contribution in [0.1, 0.15) is 23.1 Å². The van der Waals surface area contributed by atoms with Crippen molar-refractivity contribution in [3.05, 3.63) is 66.6 Å². The number of carbonyl (C=O) groups is 1. The van der Waals surface area contributed by atoms with Crippen LogP contribution >= 0.6 is 0 Å². The van der Waals surface area contributed by atoms with E-state index in [-0.39, 0.29) is 12.5 Å². The summed E-state index contributed by atoms with van der Waals surface area (Å²) >= 11 is 0. The first-order valence-electron chi connectivity index (χ1n) is 11.1. The molecule has 0 saturated carbocycles. The molecule has 0 bridgehead atoms. The number of nitrogens with one attached hydrogen (secondary N) is 2. The second-order valence-corrected chi connectivity index (χ2v) is 7.99. The summed E-state index contributed by atoms with van der Waals surface area (Å²) in [6, 6.07) is 12.7. The lowest BCUT2D eigenvalue weighted by atomic mass is 10.2. The minimum Gasteiger partial charge on any atom is -0.395 e. The van der Waals surface area contributed by atoms with Crippen LogP contribution in [-0.2, 0) is 0 Å². The van der Waals surface area contributed by atoms with Gasteiger partial charge in [0.05, 0.1) is 12.2 Å². The number of rotatable bonds is 8. The average Bonchev–Trinajstić information content (AvgIpc) is 2.85. The first-order chi connectivity index (χ1) is 16.5. The minimum absolute atomic E-state index is 0.152. The van der Waals surface area contributed by atoms with Gasteiger partial charge in [-0.2, -0.15) is 15.0 Å². The van der Waals surface area contributed by atoms with Crippen LogP contribution in [0, 0.1) is 0 Å². The fourth-order valence-corrected chi connectivity index (χ4v) is 3.51. The van der Waals surface area contributed by atoms with Crippen molar-refractivity contribution in [2.24, 2.45) is 0 Å². The Kier molecular flexibility index (Phi) is 7.41. The van der Waals surface area contributed by atoms with Gasteiger partial charge >= 0.3 is 0 Å². The molecule has 0 spiro atoms. The molecule has 1 saturated heterocycles. The van der Waals surface area contributed by atoms with Crippen molar-refractivity contribution in [3.8, 4) is 0 Å². The molecule has 0 unspecified atom stereocenters. The maximum atomic E-state index is 12.5. The van der Waals surface area contributed by atoms with E-state index in [0.717, 1.165) is 37.4 Å². The molecule has 1 aliphatic rings. The van der Waals surface area contributed by atoms with Gasteiger partial charge in [0.25, 0.3) is 5.91 Å². The van der Waals surface area contributed by atoms with Gasteiger partial charge in [-0.25, -0.2) is 4.98 Å². The van der Waals surface area contributed by atoms with Crippen molar-refractivity contribution in [2.45, 2.75) is 6.92 Å². The van der Waals surface area contributed by atoms with E-state index in [4.69, 9.17) is 5.11 Å². The Morgan fingerprint density at radius 2 is 1.82 bits per heavy atom. The van der Waals surface area contributed by atoms with Crippen LogP contribution in [0.5, 0.6) is 0 Å². The zero-order valence-electron chi connectivity index (χ0n) is 19.1. The number of piperazine rings is 1. The first kappa shape index (κ1) is 23.3. The number of β-amino-alcohol motifs (C(OH)–C–C–N with tert-alkyl or cyclic N) is 1. The maximum absolute atomic E-state index is 12.5. The molecule has 0 atom stereocenters. The molecule has 1 amide bonds. The van der Waals surface area contributed by atoms with E-state index >= 15 is 0 Å². The molecule has 10 nitrogen and oxygen atoms in total. The number of anilines is 4. The number of hydrogen-bond acceptors (Lipinski definition) is 9. The maximum Gasteiger partial charge on any atom is 0.257 e. The molecule has 10 heteroatoms. The van der Waals surface area contributed by atoms with Crippen LogP contribution in [0.15, 0.2) is 55.2 Å². The van der Waals surface area contributed by atoms with Crippen molar-refractivity contribution < 1.29 is 9.90 Å². The molecule has 3 heterocycles. The van der Waals surface area contributed by atoms with Gasteiger partial charge in [0.15, 0.2) is 5.82 Å². The zero-order chi connectivity index (χ0) is 23.9. The Hall–Kier alpha value is -3.89. The van der Waals surface area contributed by atoms with E-state index in [2.05, 4.69) is 46.9 Å². The highest BCUT2D eigenvalue weighted by atomic mass is 16.3. The summed E-state index contributed by atoms with van der Waals surface area (Å²) < 4.78 is 0. The van der Waals surface area contributed by atoms with Gasteiger partial charge < -0.3 is 20.6 Å². The quantitative estimate of drug-likeness (QED) is 0.465. The topological polar surface area (TPSA) is 119 Å². The average molecular weight is 461 g/mol. The SMILES string of the molecule is C=C(C)c1nc(Nc2ccc(C(=O)Nc3ccccc3)cn2)nc(N2CCN(CCO)CC2)n1. The van der Waals surface area contributed by atoms with Crippen LogP contribution in [0.2, 0.25) is 0 Å². The van der Waals surface area contributed by atoms with E-state index in [1.54, 1.807) is 12.1 Å². The standard InChI is InChI=1S/C24H28N8O2/c1-17(2)21-28-23(30-24(29-21)32-12-10-31(11-13-32)14-15-33)27-20-9-8-18(16-25-20)22(34)26-19-6-4-3-5-7-19/h3-9,16,33H,1,10-15H2,2H3,(H,26,34)(H,25,27,28,29,30). The third-order valence-corrected chi connectivity index (χ3v) is 5.37. The molecular formula is C24H28N8O2. The fraction of sp³-hybridized carbons (Fsp3) is 0.292. The van der Waals surface area contributed by atoms with E-state index in [1.165, 1.54) is 6.20 Å². The number of pyridine rings is 1. The van der Waals surface area contributed by atoms with Crippen LogP contribution in [0.4, 0.5) is 23.4 Å². The van der Waals surface area contributed by atoms with Crippen molar-refractivity contribution in [1.82, 2.24) is 24.8 Å². The molecule has 3 aromatic rings. The number of aliphatic hydroxyl groups is 1. The molecule has 1 fully saturated rings. The van der Waals surface area contributed by atoms with Gasteiger partial charge in [-0.05, 0) is 36.8 Å². The van der Waals surface area contributed by atoms with Gasteiger partial charge in [-0.1, -0.05) is 24.8 Å². The molecule has 2 aromatic heterocycles. The fourth-order valence-electron chi connectivity index (χ4n) is 3.51. The highest BCUT2D eigenvalue weighted by molar-refractivity contribution is 6.04. The zero-order valence-corrected chi connectivity index (χ0v) is 19.1. The smallest absolute Gasteiger partial charge is 0.257 e.